The van der Waals surface area contributed by atoms with Crippen LogP contribution in [0, 0.1) is 11.8 Å². The van der Waals surface area contributed by atoms with Crippen LogP contribution >= 0.6 is 0 Å². The second-order valence-corrected chi connectivity index (χ2v) is 5.06. The van der Waals surface area contributed by atoms with E-state index >= 15 is 0 Å². The van der Waals surface area contributed by atoms with Crippen LogP contribution < -0.4 is 0 Å². The lowest BCUT2D eigenvalue weighted by Crippen LogP contribution is -2.09. The zero-order valence-corrected chi connectivity index (χ0v) is 9.52. The minimum absolute atomic E-state index is 0.916. The fraction of sp³-hybridized carbons (Fsp3) is 1.00. The monoisotopic (exact) mass is 182 g/mol. The van der Waals surface area contributed by atoms with Crippen molar-refractivity contribution >= 4 is 0 Å². The topological polar surface area (TPSA) is 0 Å². The van der Waals surface area contributed by atoms with E-state index < -0.39 is 0 Å². The third kappa shape index (κ3) is 4.69. The predicted molar refractivity (Wildman–Crippen MR) is 59.9 cm³/mol. The second kappa shape index (κ2) is 6.45. The van der Waals surface area contributed by atoms with Crippen LogP contribution in [0.25, 0.3) is 0 Å². The molecule has 13 heavy (non-hydrogen) atoms. The van der Waals surface area contributed by atoms with Gasteiger partial charge in [0, 0.05) is 0 Å². The van der Waals surface area contributed by atoms with Crippen molar-refractivity contribution in [3.05, 3.63) is 0 Å². The van der Waals surface area contributed by atoms with Gasteiger partial charge in [0.25, 0.3) is 0 Å². The highest BCUT2D eigenvalue weighted by Crippen LogP contribution is 2.26. The summed E-state index contributed by atoms with van der Waals surface area (Å²) < 4.78 is 0. The van der Waals surface area contributed by atoms with Crippen molar-refractivity contribution in [2.45, 2.75) is 71.6 Å². The highest BCUT2D eigenvalue weighted by Gasteiger charge is 2.13. The van der Waals surface area contributed by atoms with Gasteiger partial charge in [0.1, 0.15) is 0 Å². The molecule has 0 radical (unpaired) electrons. The van der Waals surface area contributed by atoms with Gasteiger partial charge in [-0.05, 0) is 11.8 Å². The zero-order valence-electron chi connectivity index (χ0n) is 9.52. The second-order valence-electron chi connectivity index (χ2n) is 5.06. The Morgan fingerprint density at radius 2 is 1.08 bits per heavy atom. The summed E-state index contributed by atoms with van der Waals surface area (Å²) in [7, 11) is 0. The van der Waals surface area contributed by atoms with Gasteiger partial charge in [-0.25, -0.2) is 0 Å². The van der Waals surface area contributed by atoms with E-state index in [1.54, 1.807) is 0 Å². The molecule has 1 rings (SSSR count). The summed E-state index contributed by atoms with van der Waals surface area (Å²) in [6, 6.07) is 0. The Labute approximate surface area is 84.1 Å². The molecule has 78 valence electrons. The summed E-state index contributed by atoms with van der Waals surface area (Å²) in [4.78, 5) is 0. The Kier molecular flexibility index (Phi) is 5.50. The summed E-state index contributed by atoms with van der Waals surface area (Å²) >= 11 is 0. The Balaban J connectivity index is 2.26. The van der Waals surface area contributed by atoms with E-state index in [1.807, 2.05) is 0 Å². The smallest absolute Gasteiger partial charge is 0.0391 e. The predicted octanol–water partition coefficient (Wildman–Crippen LogP) is 4.78. The number of hydrogen-bond donors (Lipinski definition) is 0. The van der Waals surface area contributed by atoms with E-state index in [0.29, 0.717) is 0 Å². The van der Waals surface area contributed by atoms with Crippen LogP contribution in [0.5, 0.6) is 0 Å². The molecule has 0 spiro atoms. The SMILES string of the molecule is CC(C)C1CCCCCCCCC1. The van der Waals surface area contributed by atoms with Gasteiger partial charge in [-0.2, -0.15) is 0 Å². The fourth-order valence-corrected chi connectivity index (χ4v) is 2.51. The Morgan fingerprint density at radius 3 is 1.46 bits per heavy atom. The summed E-state index contributed by atoms with van der Waals surface area (Å²) in [6.45, 7) is 4.80. The maximum absolute atomic E-state index is 2.40. The van der Waals surface area contributed by atoms with Crippen molar-refractivity contribution in [3.63, 3.8) is 0 Å². The van der Waals surface area contributed by atoms with Gasteiger partial charge in [0.15, 0.2) is 0 Å². The summed E-state index contributed by atoms with van der Waals surface area (Å²) in [5, 5.41) is 0. The first kappa shape index (κ1) is 11.1. The molecular weight excluding hydrogens is 156 g/mol. The van der Waals surface area contributed by atoms with Crippen LogP contribution in [0.4, 0.5) is 0 Å². The molecule has 1 aliphatic carbocycles. The Morgan fingerprint density at radius 1 is 0.692 bits per heavy atom. The van der Waals surface area contributed by atoms with Crippen LogP contribution in [0.1, 0.15) is 71.6 Å². The lowest BCUT2D eigenvalue weighted by Gasteiger charge is -2.21. The lowest BCUT2D eigenvalue weighted by atomic mass is 9.85. The van der Waals surface area contributed by atoms with Crippen molar-refractivity contribution < 1.29 is 0 Å². The molecule has 1 saturated carbocycles. The standard InChI is InChI=1S/C13H26/c1-12(2)13-10-8-6-4-3-5-7-9-11-13/h12-13H,3-11H2,1-2H3. The van der Waals surface area contributed by atoms with Gasteiger partial charge in [0.05, 0.1) is 0 Å². The van der Waals surface area contributed by atoms with E-state index in [0.717, 1.165) is 11.8 Å². The minimum Gasteiger partial charge on any atom is -0.0625 e. The first-order valence-corrected chi connectivity index (χ1v) is 6.30. The molecule has 1 fully saturated rings. The van der Waals surface area contributed by atoms with Gasteiger partial charge in [-0.15, -0.1) is 0 Å². The normalized spacial score (nSPS) is 23.3. The Bertz CT molecular complexity index is 105. The van der Waals surface area contributed by atoms with E-state index in [4.69, 9.17) is 0 Å². The van der Waals surface area contributed by atoms with Gasteiger partial charge < -0.3 is 0 Å². The van der Waals surface area contributed by atoms with E-state index in [9.17, 15) is 0 Å². The van der Waals surface area contributed by atoms with Crippen LogP contribution in [0.2, 0.25) is 0 Å². The number of rotatable bonds is 1. The van der Waals surface area contributed by atoms with Crippen LogP contribution in [-0.2, 0) is 0 Å². The maximum atomic E-state index is 2.40. The minimum atomic E-state index is 0.916. The quantitative estimate of drug-likeness (QED) is 0.547. The van der Waals surface area contributed by atoms with Gasteiger partial charge in [-0.3, -0.25) is 0 Å². The molecule has 0 nitrogen and oxygen atoms in total. The molecule has 0 bridgehead atoms. The molecule has 0 aliphatic heterocycles. The molecule has 0 heteroatoms. The molecule has 1 aliphatic rings. The molecular formula is C13H26. The largest absolute Gasteiger partial charge is 0.0625 e. The van der Waals surface area contributed by atoms with Crippen LogP contribution in [0.3, 0.4) is 0 Å². The van der Waals surface area contributed by atoms with Crippen molar-refractivity contribution in [2.24, 2.45) is 11.8 Å². The van der Waals surface area contributed by atoms with Crippen molar-refractivity contribution in [2.75, 3.05) is 0 Å². The van der Waals surface area contributed by atoms with Crippen LogP contribution in [0.15, 0.2) is 0 Å². The van der Waals surface area contributed by atoms with Crippen molar-refractivity contribution in [1.29, 1.82) is 0 Å². The van der Waals surface area contributed by atoms with Gasteiger partial charge in [-0.1, -0.05) is 71.6 Å². The molecule has 0 amide bonds. The highest BCUT2D eigenvalue weighted by atomic mass is 14.2. The van der Waals surface area contributed by atoms with Gasteiger partial charge in [0.2, 0.25) is 0 Å². The molecule has 0 aromatic carbocycles. The average Bonchev–Trinajstić information content (AvgIpc) is 2.14. The van der Waals surface area contributed by atoms with Crippen molar-refractivity contribution in [1.82, 2.24) is 0 Å². The molecule has 0 atom stereocenters. The molecule has 0 N–H and O–H groups in total. The molecule has 0 heterocycles. The van der Waals surface area contributed by atoms with Gasteiger partial charge >= 0.3 is 0 Å². The third-order valence-electron chi connectivity index (χ3n) is 3.59. The summed E-state index contributed by atoms with van der Waals surface area (Å²) in [6.07, 6.45) is 13.4. The molecule has 0 aromatic heterocycles. The zero-order chi connectivity index (χ0) is 9.52. The summed E-state index contributed by atoms with van der Waals surface area (Å²) in [5.74, 6) is 1.94. The first-order chi connectivity index (χ1) is 6.30. The third-order valence-corrected chi connectivity index (χ3v) is 3.59. The summed E-state index contributed by atoms with van der Waals surface area (Å²) in [5.41, 5.74) is 0. The van der Waals surface area contributed by atoms with E-state index in [1.165, 1.54) is 57.8 Å². The van der Waals surface area contributed by atoms with E-state index in [2.05, 4.69) is 13.8 Å². The average molecular weight is 182 g/mol. The number of hydrogen-bond acceptors (Lipinski definition) is 0. The van der Waals surface area contributed by atoms with Crippen LogP contribution in [-0.4, -0.2) is 0 Å². The maximum Gasteiger partial charge on any atom is -0.0391 e. The van der Waals surface area contributed by atoms with E-state index in [-0.39, 0.29) is 0 Å². The highest BCUT2D eigenvalue weighted by molar-refractivity contribution is 4.65. The molecule has 0 unspecified atom stereocenters. The first-order valence-electron chi connectivity index (χ1n) is 6.30. The fourth-order valence-electron chi connectivity index (χ4n) is 2.51. The molecule has 0 saturated heterocycles. The van der Waals surface area contributed by atoms with Crippen molar-refractivity contribution in [3.8, 4) is 0 Å². The molecule has 0 aromatic rings. The Hall–Kier alpha value is 0. The lowest BCUT2D eigenvalue weighted by molar-refractivity contribution is 0.306.